The van der Waals surface area contributed by atoms with Crippen molar-refractivity contribution >= 4 is 27.5 Å². The van der Waals surface area contributed by atoms with Crippen LogP contribution in [0.3, 0.4) is 0 Å². The topological polar surface area (TPSA) is 38.9 Å². The molecule has 0 aliphatic heterocycles. The zero-order chi connectivity index (χ0) is 12.0. The van der Waals surface area contributed by atoms with Gasteiger partial charge in [0.2, 0.25) is 0 Å². The molecule has 0 radical (unpaired) electrons. The molecule has 0 saturated heterocycles. The summed E-state index contributed by atoms with van der Waals surface area (Å²) < 4.78 is 6.33. The highest BCUT2D eigenvalue weighted by molar-refractivity contribution is 9.10. The highest BCUT2D eigenvalue weighted by Gasteiger charge is 2.29. The summed E-state index contributed by atoms with van der Waals surface area (Å²) in [5.41, 5.74) is 0.994. The molecule has 1 fully saturated rings. The summed E-state index contributed by atoms with van der Waals surface area (Å²) >= 11 is 9.55. The number of hydrogen-bond donors (Lipinski definition) is 0. The standard InChI is InChI=1S/C12H10BrClN2O/c1-6-2-5-8(17-6)12-15-10(7-3-4-7)9(13)11(14)16-12/h2,5,7H,3-4H2,1H3. The minimum Gasteiger partial charge on any atom is -0.458 e. The fraction of sp³-hybridized carbons (Fsp3) is 0.333. The van der Waals surface area contributed by atoms with Gasteiger partial charge in [0.25, 0.3) is 0 Å². The van der Waals surface area contributed by atoms with Crippen molar-refractivity contribution in [2.75, 3.05) is 0 Å². The summed E-state index contributed by atoms with van der Waals surface area (Å²) in [4.78, 5) is 8.78. The maximum absolute atomic E-state index is 6.11. The molecule has 0 spiro atoms. The Kier molecular flexibility index (Phi) is 2.71. The van der Waals surface area contributed by atoms with E-state index < -0.39 is 0 Å². The van der Waals surface area contributed by atoms with Crippen LogP contribution in [0.4, 0.5) is 0 Å². The summed E-state index contributed by atoms with van der Waals surface area (Å²) in [6, 6.07) is 3.76. The first kappa shape index (κ1) is 11.2. The van der Waals surface area contributed by atoms with Gasteiger partial charge in [-0.15, -0.1) is 0 Å². The zero-order valence-corrected chi connectivity index (χ0v) is 11.5. The van der Waals surface area contributed by atoms with Crippen molar-refractivity contribution < 1.29 is 4.42 Å². The second-order valence-corrected chi connectivity index (χ2v) is 5.37. The molecule has 1 saturated carbocycles. The minimum atomic E-state index is 0.450. The highest BCUT2D eigenvalue weighted by atomic mass is 79.9. The van der Waals surface area contributed by atoms with E-state index in [1.807, 2.05) is 19.1 Å². The van der Waals surface area contributed by atoms with Gasteiger partial charge >= 0.3 is 0 Å². The van der Waals surface area contributed by atoms with E-state index in [2.05, 4.69) is 25.9 Å². The molecule has 88 valence electrons. The van der Waals surface area contributed by atoms with Crippen molar-refractivity contribution in [2.45, 2.75) is 25.7 Å². The highest BCUT2D eigenvalue weighted by Crippen LogP contribution is 2.44. The predicted molar refractivity (Wildman–Crippen MR) is 69.2 cm³/mol. The van der Waals surface area contributed by atoms with Crippen LogP contribution in [0.25, 0.3) is 11.6 Å². The van der Waals surface area contributed by atoms with Crippen LogP contribution in [-0.2, 0) is 0 Å². The van der Waals surface area contributed by atoms with Crippen LogP contribution >= 0.6 is 27.5 Å². The number of hydrogen-bond acceptors (Lipinski definition) is 3. The van der Waals surface area contributed by atoms with Gasteiger partial charge < -0.3 is 4.42 Å². The van der Waals surface area contributed by atoms with E-state index in [1.54, 1.807) is 0 Å². The van der Waals surface area contributed by atoms with Crippen molar-refractivity contribution in [3.05, 3.63) is 33.2 Å². The Bertz CT molecular complexity index is 578. The summed E-state index contributed by atoms with van der Waals surface area (Å²) in [7, 11) is 0. The van der Waals surface area contributed by atoms with E-state index >= 15 is 0 Å². The van der Waals surface area contributed by atoms with Crippen LogP contribution in [0.5, 0.6) is 0 Å². The van der Waals surface area contributed by atoms with E-state index in [-0.39, 0.29) is 0 Å². The van der Waals surface area contributed by atoms with Gasteiger partial charge in [-0.25, -0.2) is 9.97 Å². The Morgan fingerprint density at radius 1 is 1.35 bits per heavy atom. The van der Waals surface area contributed by atoms with Gasteiger partial charge in [-0.2, -0.15) is 0 Å². The zero-order valence-electron chi connectivity index (χ0n) is 9.20. The lowest BCUT2D eigenvalue weighted by atomic mass is 10.3. The molecule has 0 amide bonds. The molecule has 1 aliphatic carbocycles. The van der Waals surface area contributed by atoms with Crippen LogP contribution < -0.4 is 0 Å². The largest absolute Gasteiger partial charge is 0.458 e. The van der Waals surface area contributed by atoms with Crippen molar-refractivity contribution in [1.29, 1.82) is 0 Å². The van der Waals surface area contributed by atoms with Crippen molar-refractivity contribution in [3.63, 3.8) is 0 Å². The lowest BCUT2D eigenvalue weighted by Gasteiger charge is -2.05. The van der Waals surface area contributed by atoms with E-state index in [1.165, 1.54) is 12.8 Å². The SMILES string of the molecule is Cc1ccc(-c2nc(Cl)c(Br)c(C3CC3)n2)o1. The number of aromatic nitrogens is 2. The van der Waals surface area contributed by atoms with Crippen molar-refractivity contribution in [3.8, 4) is 11.6 Å². The molecule has 3 rings (SSSR count). The van der Waals surface area contributed by atoms with Crippen LogP contribution in [0.15, 0.2) is 21.0 Å². The Morgan fingerprint density at radius 3 is 2.71 bits per heavy atom. The molecule has 0 unspecified atom stereocenters. The van der Waals surface area contributed by atoms with Gasteiger partial charge in [0.1, 0.15) is 10.9 Å². The lowest BCUT2D eigenvalue weighted by molar-refractivity contribution is 0.543. The molecule has 2 heterocycles. The van der Waals surface area contributed by atoms with Crippen LogP contribution in [0.2, 0.25) is 5.15 Å². The molecule has 1 aliphatic rings. The maximum Gasteiger partial charge on any atom is 0.197 e. The molecule has 3 nitrogen and oxygen atoms in total. The Balaban J connectivity index is 2.11. The number of nitrogens with zero attached hydrogens (tertiary/aromatic N) is 2. The van der Waals surface area contributed by atoms with Gasteiger partial charge in [0.05, 0.1) is 10.2 Å². The molecule has 0 N–H and O–H groups in total. The first-order chi connectivity index (χ1) is 8.15. The summed E-state index contributed by atoms with van der Waals surface area (Å²) in [6.45, 7) is 1.89. The van der Waals surface area contributed by atoms with Crippen LogP contribution in [0, 0.1) is 6.92 Å². The monoisotopic (exact) mass is 312 g/mol. The van der Waals surface area contributed by atoms with E-state index in [0.717, 1.165) is 15.9 Å². The first-order valence-corrected chi connectivity index (χ1v) is 6.62. The van der Waals surface area contributed by atoms with E-state index in [9.17, 15) is 0 Å². The smallest absolute Gasteiger partial charge is 0.197 e. The van der Waals surface area contributed by atoms with Crippen LogP contribution in [-0.4, -0.2) is 9.97 Å². The van der Waals surface area contributed by atoms with Crippen molar-refractivity contribution in [1.82, 2.24) is 9.97 Å². The number of halogens is 2. The van der Waals surface area contributed by atoms with E-state index in [0.29, 0.717) is 22.7 Å². The van der Waals surface area contributed by atoms with E-state index in [4.69, 9.17) is 16.0 Å². The summed E-state index contributed by atoms with van der Waals surface area (Å²) in [5.74, 6) is 2.59. The maximum atomic E-state index is 6.11. The molecular weight excluding hydrogens is 304 g/mol. The second-order valence-electron chi connectivity index (χ2n) is 4.22. The van der Waals surface area contributed by atoms with Gasteiger partial charge in [-0.05, 0) is 47.8 Å². The normalized spacial score (nSPS) is 15.2. The molecular formula is C12H10BrClN2O. The number of rotatable bonds is 2. The Labute approximate surface area is 112 Å². The molecule has 0 bridgehead atoms. The first-order valence-electron chi connectivity index (χ1n) is 5.45. The fourth-order valence-electron chi connectivity index (χ4n) is 1.73. The third kappa shape index (κ3) is 2.11. The predicted octanol–water partition coefficient (Wildman–Crippen LogP) is 4.34. The minimum absolute atomic E-state index is 0.450. The Morgan fingerprint density at radius 2 is 2.12 bits per heavy atom. The average molecular weight is 314 g/mol. The van der Waals surface area contributed by atoms with Gasteiger partial charge in [-0.1, -0.05) is 11.6 Å². The average Bonchev–Trinajstić information content (AvgIpc) is 3.05. The van der Waals surface area contributed by atoms with Gasteiger partial charge in [-0.3, -0.25) is 0 Å². The third-order valence-electron chi connectivity index (χ3n) is 2.76. The summed E-state index contributed by atoms with van der Waals surface area (Å²) in [5, 5.41) is 0.450. The fourth-order valence-corrected chi connectivity index (χ4v) is 2.41. The second kappa shape index (κ2) is 4.10. The van der Waals surface area contributed by atoms with Gasteiger partial charge in [0, 0.05) is 5.92 Å². The molecule has 5 heteroatoms. The van der Waals surface area contributed by atoms with Crippen LogP contribution in [0.1, 0.15) is 30.2 Å². The third-order valence-corrected chi connectivity index (χ3v) is 4.04. The molecule has 0 atom stereocenters. The lowest BCUT2D eigenvalue weighted by Crippen LogP contribution is -1.96. The Hall–Kier alpha value is -0.870. The quantitative estimate of drug-likeness (QED) is 0.774. The summed E-state index contributed by atoms with van der Waals surface area (Å²) in [6.07, 6.45) is 2.34. The van der Waals surface area contributed by atoms with Crippen molar-refractivity contribution in [2.24, 2.45) is 0 Å². The van der Waals surface area contributed by atoms with Gasteiger partial charge in [0.15, 0.2) is 11.6 Å². The molecule has 0 aromatic carbocycles. The molecule has 17 heavy (non-hydrogen) atoms. The number of aryl methyl sites for hydroxylation is 1. The number of furan rings is 1. The molecule has 2 aromatic rings. The molecule has 2 aromatic heterocycles.